The predicted octanol–water partition coefficient (Wildman–Crippen LogP) is 0.372. The highest BCUT2D eigenvalue weighted by Crippen LogP contribution is 2.18. The summed E-state index contributed by atoms with van der Waals surface area (Å²) in [5, 5.41) is 14.7. The van der Waals surface area contributed by atoms with Crippen LogP contribution in [0.2, 0.25) is 0 Å². The molecule has 0 unspecified atom stereocenters. The highest BCUT2D eigenvalue weighted by molar-refractivity contribution is 6.35. The van der Waals surface area contributed by atoms with Crippen LogP contribution in [0.15, 0.2) is 0 Å². The number of aliphatic hydroxyl groups is 1. The van der Waals surface area contributed by atoms with E-state index < -0.39 is 11.8 Å². The number of ether oxygens (including phenoxy) is 3. The van der Waals surface area contributed by atoms with Crippen LogP contribution in [-0.2, 0) is 23.8 Å². The number of amides is 2. The molecule has 1 aliphatic carbocycles. The van der Waals surface area contributed by atoms with Crippen LogP contribution in [0.5, 0.6) is 0 Å². The second kappa shape index (κ2) is 14.9. The van der Waals surface area contributed by atoms with Gasteiger partial charge in [0.15, 0.2) is 0 Å². The Hall–Kier alpha value is -1.22. The molecule has 1 fully saturated rings. The molecule has 0 radical (unpaired) electrons. The van der Waals surface area contributed by atoms with Crippen molar-refractivity contribution in [3.8, 4) is 0 Å². The fraction of sp³-hybridized carbons (Fsp3) is 0.889. The van der Waals surface area contributed by atoms with E-state index >= 15 is 0 Å². The van der Waals surface area contributed by atoms with Crippen molar-refractivity contribution in [2.24, 2.45) is 0 Å². The fourth-order valence-corrected chi connectivity index (χ4v) is 2.61. The normalized spacial score (nSPS) is 19.9. The van der Waals surface area contributed by atoms with Gasteiger partial charge in [0.05, 0.1) is 32.5 Å². The lowest BCUT2D eigenvalue weighted by molar-refractivity contribution is -0.139. The van der Waals surface area contributed by atoms with Gasteiger partial charge in [0.25, 0.3) is 0 Å². The van der Waals surface area contributed by atoms with Crippen LogP contribution in [-0.4, -0.2) is 75.3 Å². The average molecular weight is 374 g/mol. The maximum atomic E-state index is 11.8. The first-order valence-corrected chi connectivity index (χ1v) is 9.63. The molecule has 0 aromatic carbocycles. The summed E-state index contributed by atoms with van der Waals surface area (Å²) in [6, 6.07) is -0.0210. The number of carbonyl (C=O) groups excluding carboxylic acids is 2. The number of hydrogen-bond acceptors (Lipinski definition) is 6. The number of nitrogens with one attached hydrogen (secondary N) is 2. The molecule has 0 atom stereocenters. The molecule has 2 amide bonds. The van der Waals surface area contributed by atoms with Gasteiger partial charge >= 0.3 is 11.8 Å². The van der Waals surface area contributed by atoms with Crippen LogP contribution in [0.25, 0.3) is 0 Å². The molecule has 0 spiro atoms. The van der Waals surface area contributed by atoms with Crippen molar-refractivity contribution in [3.05, 3.63) is 0 Å². The Morgan fingerprint density at radius 3 is 2.08 bits per heavy atom. The van der Waals surface area contributed by atoms with Gasteiger partial charge in [0, 0.05) is 25.8 Å². The maximum Gasteiger partial charge on any atom is 0.309 e. The maximum absolute atomic E-state index is 11.8. The van der Waals surface area contributed by atoms with Crippen molar-refractivity contribution in [2.45, 2.75) is 57.6 Å². The second-order valence-electron chi connectivity index (χ2n) is 6.43. The summed E-state index contributed by atoms with van der Waals surface area (Å²) in [4.78, 5) is 23.5. The van der Waals surface area contributed by atoms with E-state index in [0.717, 1.165) is 13.0 Å². The van der Waals surface area contributed by atoms with E-state index in [2.05, 4.69) is 17.6 Å². The molecule has 1 saturated carbocycles. The Balaban J connectivity index is 1.89. The van der Waals surface area contributed by atoms with E-state index in [1.165, 1.54) is 0 Å². The van der Waals surface area contributed by atoms with Gasteiger partial charge in [-0.05, 0) is 38.5 Å². The molecule has 0 aromatic rings. The minimum absolute atomic E-state index is 0.0210. The van der Waals surface area contributed by atoms with E-state index in [-0.39, 0.29) is 12.1 Å². The molecule has 8 heteroatoms. The summed E-state index contributed by atoms with van der Waals surface area (Å²) in [7, 11) is 0. The highest BCUT2D eigenvalue weighted by Gasteiger charge is 2.23. The van der Waals surface area contributed by atoms with E-state index in [9.17, 15) is 14.7 Å². The quantitative estimate of drug-likeness (QED) is 0.318. The van der Waals surface area contributed by atoms with Gasteiger partial charge in [0.2, 0.25) is 0 Å². The Labute approximate surface area is 155 Å². The van der Waals surface area contributed by atoms with E-state index in [4.69, 9.17) is 14.2 Å². The molecule has 0 saturated heterocycles. The van der Waals surface area contributed by atoms with Gasteiger partial charge in [-0.15, -0.1) is 0 Å². The van der Waals surface area contributed by atoms with Crippen LogP contribution in [0, 0.1) is 0 Å². The lowest BCUT2D eigenvalue weighted by atomic mass is 9.93. The number of hydrogen-bond donors (Lipinski definition) is 3. The van der Waals surface area contributed by atoms with E-state index in [0.29, 0.717) is 71.7 Å². The largest absolute Gasteiger partial charge is 0.393 e. The summed E-state index contributed by atoms with van der Waals surface area (Å²) in [6.07, 6.45) is 4.11. The van der Waals surface area contributed by atoms with Crippen molar-refractivity contribution in [2.75, 3.05) is 46.2 Å². The van der Waals surface area contributed by atoms with E-state index in [1.54, 1.807) is 0 Å². The van der Waals surface area contributed by atoms with Gasteiger partial charge < -0.3 is 30.0 Å². The Kier molecular flexibility index (Phi) is 13.1. The first-order chi connectivity index (χ1) is 12.6. The van der Waals surface area contributed by atoms with Crippen molar-refractivity contribution >= 4 is 11.8 Å². The van der Waals surface area contributed by atoms with Crippen LogP contribution in [0.4, 0.5) is 0 Å². The number of rotatable bonds is 13. The van der Waals surface area contributed by atoms with Crippen LogP contribution in [0.1, 0.15) is 45.4 Å². The molecule has 1 aliphatic rings. The summed E-state index contributed by atoms with van der Waals surface area (Å²) >= 11 is 0. The standard InChI is InChI=1S/C18H34N2O6/c1-2-9-24-11-13-26-14-12-25-10-3-8-19-17(22)18(23)20-15-4-6-16(21)7-5-15/h15-16,21H,2-14H2,1H3,(H,19,22)(H,20,23). The number of aliphatic hydroxyl groups excluding tert-OH is 1. The summed E-state index contributed by atoms with van der Waals surface area (Å²) in [6.45, 7) is 5.88. The average Bonchev–Trinajstić information content (AvgIpc) is 2.64. The lowest BCUT2D eigenvalue weighted by Crippen LogP contribution is -2.46. The zero-order chi connectivity index (χ0) is 19.0. The Morgan fingerprint density at radius 2 is 1.46 bits per heavy atom. The molecule has 152 valence electrons. The van der Waals surface area contributed by atoms with Crippen molar-refractivity contribution in [3.63, 3.8) is 0 Å². The molecule has 0 aromatic heterocycles. The van der Waals surface area contributed by atoms with Gasteiger partial charge in [-0.2, -0.15) is 0 Å². The highest BCUT2D eigenvalue weighted by atomic mass is 16.5. The van der Waals surface area contributed by atoms with Gasteiger partial charge in [0.1, 0.15) is 0 Å². The molecule has 0 bridgehead atoms. The summed E-state index contributed by atoms with van der Waals surface area (Å²) < 4.78 is 16.0. The third kappa shape index (κ3) is 11.4. The monoisotopic (exact) mass is 374 g/mol. The Bertz CT molecular complexity index is 386. The van der Waals surface area contributed by atoms with Crippen LogP contribution < -0.4 is 10.6 Å². The zero-order valence-electron chi connectivity index (χ0n) is 15.8. The van der Waals surface area contributed by atoms with Gasteiger partial charge in [-0.1, -0.05) is 6.92 Å². The minimum atomic E-state index is -0.619. The van der Waals surface area contributed by atoms with Gasteiger partial charge in [-0.25, -0.2) is 0 Å². The zero-order valence-corrected chi connectivity index (χ0v) is 15.8. The Morgan fingerprint density at radius 1 is 0.885 bits per heavy atom. The van der Waals surface area contributed by atoms with Crippen molar-refractivity contribution < 1.29 is 28.9 Å². The fourth-order valence-electron chi connectivity index (χ4n) is 2.61. The summed E-state index contributed by atoms with van der Waals surface area (Å²) in [5.74, 6) is -1.22. The minimum Gasteiger partial charge on any atom is -0.393 e. The predicted molar refractivity (Wildman–Crippen MR) is 96.8 cm³/mol. The molecule has 3 N–H and O–H groups in total. The second-order valence-corrected chi connectivity index (χ2v) is 6.43. The van der Waals surface area contributed by atoms with Crippen molar-refractivity contribution in [1.82, 2.24) is 10.6 Å². The molecule has 0 aliphatic heterocycles. The number of carbonyl (C=O) groups is 2. The third-order valence-corrected chi connectivity index (χ3v) is 4.08. The molecular weight excluding hydrogens is 340 g/mol. The lowest BCUT2D eigenvalue weighted by Gasteiger charge is -2.25. The van der Waals surface area contributed by atoms with Crippen LogP contribution >= 0.6 is 0 Å². The molecule has 0 heterocycles. The van der Waals surface area contributed by atoms with Crippen molar-refractivity contribution in [1.29, 1.82) is 0 Å². The SMILES string of the molecule is CCCOCCOCCOCCCNC(=O)C(=O)NC1CCC(O)CC1. The van der Waals surface area contributed by atoms with Crippen LogP contribution in [0.3, 0.4) is 0 Å². The molecule has 8 nitrogen and oxygen atoms in total. The molecule has 26 heavy (non-hydrogen) atoms. The first-order valence-electron chi connectivity index (χ1n) is 9.63. The molecule has 1 rings (SSSR count). The topological polar surface area (TPSA) is 106 Å². The first kappa shape index (κ1) is 22.8. The summed E-state index contributed by atoms with van der Waals surface area (Å²) in [5.41, 5.74) is 0. The molecular formula is C18H34N2O6. The van der Waals surface area contributed by atoms with Gasteiger partial charge in [-0.3, -0.25) is 9.59 Å². The third-order valence-electron chi connectivity index (χ3n) is 4.08. The van der Waals surface area contributed by atoms with E-state index in [1.807, 2.05) is 0 Å². The smallest absolute Gasteiger partial charge is 0.309 e.